The first-order chi connectivity index (χ1) is 15.2. The molecule has 1 aromatic carbocycles. The van der Waals surface area contributed by atoms with Gasteiger partial charge in [0.2, 0.25) is 0 Å². The largest absolute Gasteiger partial charge is 0.368 e. The van der Waals surface area contributed by atoms with Gasteiger partial charge in [-0.2, -0.15) is 0 Å². The highest BCUT2D eigenvalue weighted by molar-refractivity contribution is 5.82. The van der Waals surface area contributed by atoms with Crippen molar-refractivity contribution in [3.05, 3.63) is 54.1 Å². The van der Waals surface area contributed by atoms with Crippen LogP contribution in [0.5, 0.6) is 0 Å². The summed E-state index contributed by atoms with van der Waals surface area (Å²) >= 11 is 0. The van der Waals surface area contributed by atoms with Crippen LogP contribution in [0.2, 0.25) is 0 Å². The predicted octanol–water partition coefficient (Wildman–Crippen LogP) is 1.37. The summed E-state index contributed by atoms with van der Waals surface area (Å²) in [4.78, 5) is 25.7. The zero-order valence-electron chi connectivity index (χ0n) is 18.2. The normalized spacial score (nSPS) is 19.6. The molecule has 1 amide bonds. The summed E-state index contributed by atoms with van der Waals surface area (Å²) in [5.41, 5.74) is 1.26. The summed E-state index contributed by atoms with van der Waals surface area (Å²) < 4.78 is 7.74. The molecular weight excluding hydrogens is 392 g/mol. The number of aliphatic imine (C=N–C) groups is 1. The second-order valence-electron chi connectivity index (χ2n) is 7.99. The van der Waals surface area contributed by atoms with Crippen molar-refractivity contribution < 1.29 is 9.53 Å². The number of aromatic nitrogens is 2. The Labute approximate surface area is 183 Å². The van der Waals surface area contributed by atoms with Crippen molar-refractivity contribution >= 4 is 11.9 Å². The van der Waals surface area contributed by atoms with Gasteiger partial charge in [0.05, 0.1) is 0 Å². The zero-order valence-corrected chi connectivity index (χ0v) is 18.2. The third kappa shape index (κ3) is 5.44. The molecule has 8 nitrogen and oxygen atoms in total. The van der Waals surface area contributed by atoms with Gasteiger partial charge in [0.25, 0.3) is 5.91 Å². The zero-order chi connectivity index (χ0) is 21.5. The van der Waals surface area contributed by atoms with Crippen molar-refractivity contribution in [3.8, 4) is 0 Å². The van der Waals surface area contributed by atoms with Crippen LogP contribution in [0, 0.1) is 0 Å². The van der Waals surface area contributed by atoms with E-state index in [9.17, 15) is 4.79 Å². The first kappa shape index (κ1) is 21.4. The minimum absolute atomic E-state index is 0.144. The van der Waals surface area contributed by atoms with Crippen molar-refractivity contribution in [2.75, 3.05) is 46.4 Å². The fourth-order valence-electron chi connectivity index (χ4n) is 4.23. The number of piperazine rings is 1. The number of nitrogens with one attached hydrogen (secondary N) is 1. The van der Waals surface area contributed by atoms with Gasteiger partial charge in [-0.25, -0.2) is 4.98 Å². The van der Waals surface area contributed by atoms with Gasteiger partial charge in [0.1, 0.15) is 11.9 Å². The maximum atomic E-state index is 12.5. The lowest BCUT2D eigenvalue weighted by molar-refractivity contribution is -0.142. The molecule has 1 unspecified atom stereocenters. The standard InChI is InChI=1S/C23H32N6O2/c1-24-23(28-15-13-27(14-16-28)22(30)20-8-5-17-31-20)26-10-9-21-25-11-12-29(21)18-19-6-3-2-4-7-19/h2-4,6-7,11-12,20H,5,8-10,13-18H2,1H3,(H,24,26). The Balaban J connectivity index is 1.24. The van der Waals surface area contributed by atoms with Crippen molar-refractivity contribution in [2.45, 2.75) is 31.9 Å². The minimum Gasteiger partial charge on any atom is -0.368 e. The van der Waals surface area contributed by atoms with Crippen LogP contribution >= 0.6 is 0 Å². The van der Waals surface area contributed by atoms with Crippen LogP contribution in [0.4, 0.5) is 0 Å². The number of nitrogens with zero attached hydrogens (tertiary/aromatic N) is 5. The molecule has 1 atom stereocenters. The van der Waals surface area contributed by atoms with Crippen LogP contribution in [0.1, 0.15) is 24.2 Å². The molecule has 2 aliphatic heterocycles. The molecule has 3 heterocycles. The number of hydrogen-bond acceptors (Lipinski definition) is 4. The fraction of sp³-hybridized carbons (Fsp3) is 0.522. The molecule has 0 radical (unpaired) electrons. The highest BCUT2D eigenvalue weighted by Crippen LogP contribution is 2.16. The van der Waals surface area contributed by atoms with Gasteiger partial charge in [-0.15, -0.1) is 0 Å². The second kappa shape index (κ2) is 10.4. The number of rotatable bonds is 6. The molecule has 31 heavy (non-hydrogen) atoms. The maximum absolute atomic E-state index is 12.5. The fourth-order valence-corrected chi connectivity index (χ4v) is 4.23. The van der Waals surface area contributed by atoms with Crippen LogP contribution < -0.4 is 5.32 Å². The van der Waals surface area contributed by atoms with E-state index < -0.39 is 0 Å². The molecule has 2 fully saturated rings. The van der Waals surface area contributed by atoms with Gasteiger partial charge < -0.3 is 24.4 Å². The van der Waals surface area contributed by atoms with Crippen molar-refractivity contribution in [3.63, 3.8) is 0 Å². The van der Waals surface area contributed by atoms with Crippen LogP contribution in [-0.4, -0.2) is 83.7 Å². The van der Waals surface area contributed by atoms with Crippen molar-refractivity contribution in [1.82, 2.24) is 24.7 Å². The van der Waals surface area contributed by atoms with E-state index in [1.54, 1.807) is 0 Å². The molecule has 8 heteroatoms. The summed E-state index contributed by atoms with van der Waals surface area (Å²) in [6.45, 7) is 5.26. The molecular formula is C23H32N6O2. The average Bonchev–Trinajstić information content (AvgIpc) is 3.50. The van der Waals surface area contributed by atoms with Crippen LogP contribution in [-0.2, 0) is 22.5 Å². The lowest BCUT2D eigenvalue weighted by atomic mass is 10.2. The smallest absolute Gasteiger partial charge is 0.251 e. The van der Waals surface area contributed by atoms with E-state index in [1.165, 1.54) is 5.56 Å². The maximum Gasteiger partial charge on any atom is 0.251 e. The molecule has 0 saturated carbocycles. The van der Waals surface area contributed by atoms with Gasteiger partial charge >= 0.3 is 0 Å². The van der Waals surface area contributed by atoms with E-state index >= 15 is 0 Å². The first-order valence-electron chi connectivity index (χ1n) is 11.1. The van der Waals surface area contributed by atoms with E-state index in [0.29, 0.717) is 19.7 Å². The number of carbonyl (C=O) groups is 1. The number of benzene rings is 1. The summed E-state index contributed by atoms with van der Waals surface area (Å²) in [5, 5.41) is 3.46. The monoisotopic (exact) mass is 424 g/mol. The Hall–Kier alpha value is -2.87. The molecule has 2 aliphatic rings. The van der Waals surface area contributed by atoms with E-state index in [0.717, 1.165) is 57.2 Å². The Kier molecular flexibility index (Phi) is 7.19. The summed E-state index contributed by atoms with van der Waals surface area (Å²) in [5.74, 6) is 2.08. The Bertz CT molecular complexity index is 867. The SMILES string of the molecule is CN=C(NCCc1nccn1Cc1ccccc1)N1CCN(C(=O)C2CCCO2)CC1. The van der Waals surface area contributed by atoms with Crippen LogP contribution in [0.25, 0.3) is 0 Å². The average molecular weight is 425 g/mol. The van der Waals surface area contributed by atoms with Crippen molar-refractivity contribution in [1.29, 1.82) is 0 Å². The van der Waals surface area contributed by atoms with Gasteiger partial charge in [-0.05, 0) is 18.4 Å². The first-order valence-corrected chi connectivity index (χ1v) is 11.1. The molecule has 1 aromatic heterocycles. The molecule has 0 spiro atoms. The second-order valence-corrected chi connectivity index (χ2v) is 7.99. The van der Waals surface area contributed by atoms with Crippen LogP contribution in [0.3, 0.4) is 0 Å². The Morgan fingerprint density at radius 1 is 1.19 bits per heavy atom. The Morgan fingerprint density at radius 2 is 1.97 bits per heavy atom. The quantitative estimate of drug-likeness (QED) is 0.560. The number of amides is 1. The van der Waals surface area contributed by atoms with Gasteiger partial charge in [-0.1, -0.05) is 30.3 Å². The molecule has 1 N–H and O–H groups in total. The number of hydrogen-bond donors (Lipinski definition) is 1. The van der Waals surface area contributed by atoms with E-state index in [-0.39, 0.29) is 12.0 Å². The van der Waals surface area contributed by atoms with E-state index in [1.807, 2.05) is 30.4 Å². The van der Waals surface area contributed by atoms with Gasteiger partial charge in [-0.3, -0.25) is 9.79 Å². The molecule has 2 aromatic rings. The summed E-state index contributed by atoms with van der Waals surface area (Å²) in [6, 6.07) is 10.4. The third-order valence-electron chi connectivity index (χ3n) is 5.94. The van der Waals surface area contributed by atoms with E-state index in [4.69, 9.17) is 4.74 Å². The third-order valence-corrected chi connectivity index (χ3v) is 5.94. The van der Waals surface area contributed by atoms with E-state index in [2.05, 4.69) is 49.0 Å². The molecule has 2 saturated heterocycles. The van der Waals surface area contributed by atoms with Gasteiger partial charge in [0.15, 0.2) is 5.96 Å². The number of ether oxygens (including phenoxy) is 1. The number of guanidine groups is 1. The highest BCUT2D eigenvalue weighted by atomic mass is 16.5. The topological polar surface area (TPSA) is 75.0 Å². The molecule has 0 aliphatic carbocycles. The lowest BCUT2D eigenvalue weighted by Gasteiger charge is -2.37. The van der Waals surface area contributed by atoms with Gasteiger partial charge in [0, 0.05) is 71.7 Å². The molecule has 166 valence electrons. The molecule has 4 rings (SSSR count). The van der Waals surface area contributed by atoms with Crippen LogP contribution in [0.15, 0.2) is 47.7 Å². The number of carbonyl (C=O) groups excluding carboxylic acids is 1. The minimum atomic E-state index is -0.233. The highest BCUT2D eigenvalue weighted by Gasteiger charge is 2.30. The van der Waals surface area contributed by atoms with Crippen molar-refractivity contribution in [2.24, 2.45) is 4.99 Å². The number of imidazole rings is 1. The molecule has 0 bridgehead atoms. The lowest BCUT2D eigenvalue weighted by Crippen LogP contribution is -2.55. The Morgan fingerprint density at radius 3 is 2.68 bits per heavy atom. The summed E-state index contributed by atoms with van der Waals surface area (Å²) in [6.07, 6.45) is 6.30. The predicted molar refractivity (Wildman–Crippen MR) is 120 cm³/mol. The summed E-state index contributed by atoms with van der Waals surface area (Å²) in [7, 11) is 1.81.